The highest BCUT2D eigenvalue weighted by atomic mass is 16.4. The Morgan fingerprint density at radius 1 is 1.11 bits per heavy atom. The number of carbonyl (C=O) groups excluding carboxylic acids is 1. The smallest absolute Gasteiger partial charge is 0.303 e. The Morgan fingerprint density at radius 3 is 2.05 bits per heavy atom. The molecule has 0 fully saturated rings. The molecule has 0 aliphatic heterocycles. The minimum absolute atomic E-state index is 0.00667. The summed E-state index contributed by atoms with van der Waals surface area (Å²) in [6.07, 6.45) is 0.115. The Hall–Kier alpha value is -1.10. The molecule has 0 spiro atoms. The predicted octanol–water partition coefficient (Wildman–Crippen LogP) is 1.79. The van der Waals surface area contributed by atoms with Gasteiger partial charge in [0.25, 0.3) is 0 Å². The molecule has 0 bridgehead atoms. The van der Waals surface area contributed by atoms with Crippen LogP contribution in [0.1, 0.15) is 53.9 Å². The summed E-state index contributed by atoms with van der Waals surface area (Å²) < 4.78 is 0. The van der Waals surface area contributed by atoms with Crippen LogP contribution in [0.2, 0.25) is 0 Å². The van der Waals surface area contributed by atoms with Gasteiger partial charge in [-0.3, -0.25) is 9.59 Å². The second-order valence-electron chi connectivity index (χ2n) is 7.13. The van der Waals surface area contributed by atoms with Crippen LogP contribution in [0.3, 0.4) is 0 Å². The molecule has 1 amide bonds. The first-order chi connectivity index (χ1) is 8.41. The third-order valence-electron chi connectivity index (χ3n) is 2.65. The summed E-state index contributed by atoms with van der Waals surface area (Å²) in [5.74, 6) is -1.13. The van der Waals surface area contributed by atoms with Gasteiger partial charge in [-0.1, -0.05) is 34.6 Å². The number of aliphatic hydroxyl groups is 1. The van der Waals surface area contributed by atoms with Crippen molar-refractivity contribution in [1.29, 1.82) is 0 Å². The SMILES string of the molecule is CC(C)(C)CC(O)CNC(=O)CC(C)(C)CC(=O)O. The third kappa shape index (κ3) is 10.5. The molecule has 0 saturated heterocycles. The Labute approximate surface area is 115 Å². The average molecular weight is 273 g/mol. The number of rotatable bonds is 7. The lowest BCUT2D eigenvalue weighted by Crippen LogP contribution is -2.36. The van der Waals surface area contributed by atoms with Crippen LogP contribution in [-0.2, 0) is 9.59 Å². The van der Waals surface area contributed by atoms with Crippen molar-refractivity contribution in [3.05, 3.63) is 0 Å². The average Bonchev–Trinajstić information content (AvgIpc) is 2.08. The summed E-state index contributed by atoms with van der Waals surface area (Å²) >= 11 is 0. The molecule has 3 N–H and O–H groups in total. The van der Waals surface area contributed by atoms with Crippen LogP contribution in [0.4, 0.5) is 0 Å². The fourth-order valence-electron chi connectivity index (χ4n) is 1.98. The summed E-state index contributed by atoms with van der Waals surface area (Å²) in [6, 6.07) is 0. The minimum Gasteiger partial charge on any atom is -0.481 e. The topological polar surface area (TPSA) is 86.6 Å². The molecular formula is C14H27NO4. The molecule has 0 aromatic carbocycles. The van der Waals surface area contributed by atoms with E-state index in [1.807, 2.05) is 20.8 Å². The number of carboxylic acid groups (broad SMARTS) is 1. The summed E-state index contributed by atoms with van der Waals surface area (Å²) in [5, 5.41) is 21.2. The Balaban J connectivity index is 4.09. The van der Waals surface area contributed by atoms with E-state index in [2.05, 4.69) is 5.32 Å². The van der Waals surface area contributed by atoms with Gasteiger partial charge in [0.1, 0.15) is 0 Å². The molecule has 0 aliphatic rings. The molecule has 19 heavy (non-hydrogen) atoms. The van der Waals surface area contributed by atoms with Crippen molar-refractivity contribution >= 4 is 11.9 Å². The molecule has 1 unspecified atom stereocenters. The first-order valence-electron chi connectivity index (χ1n) is 6.58. The van der Waals surface area contributed by atoms with E-state index < -0.39 is 17.5 Å². The van der Waals surface area contributed by atoms with E-state index in [1.54, 1.807) is 13.8 Å². The molecule has 0 saturated carbocycles. The highest BCUT2D eigenvalue weighted by Gasteiger charge is 2.25. The highest BCUT2D eigenvalue weighted by molar-refractivity contribution is 5.77. The zero-order valence-electron chi connectivity index (χ0n) is 12.6. The molecule has 0 aliphatic carbocycles. The summed E-state index contributed by atoms with van der Waals surface area (Å²) in [6.45, 7) is 9.76. The molecule has 112 valence electrons. The predicted molar refractivity (Wildman–Crippen MR) is 73.7 cm³/mol. The van der Waals surface area contributed by atoms with Crippen LogP contribution in [0.15, 0.2) is 0 Å². The zero-order valence-corrected chi connectivity index (χ0v) is 12.6. The van der Waals surface area contributed by atoms with Gasteiger partial charge in [-0.15, -0.1) is 0 Å². The third-order valence-corrected chi connectivity index (χ3v) is 2.65. The quantitative estimate of drug-likeness (QED) is 0.660. The summed E-state index contributed by atoms with van der Waals surface area (Å²) in [5.41, 5.74) is -0.572. The van der Waals surface area contributed by atoms with Gasteiger partial charge < -0.3 is 15.5 Å². The first-order valence-corrected chi connectivity index (χ1v) is 6.58. The van der Waals surface area contributed by atoms with Gasteiger partial charge in [0.05, 0.1) is 12.5 Å². The number of carboxylic acids is 1. The Kier molecular flexibility index (Phi) is 6.49. The van der Waals surface area contributed by atoms with Gasteiger partial charge in [-0.05, 0) is 17.3 Å². The number of aliphatic hydroxyl groups excluding tert-OH is 1. The van der Waals surface area contributed by atoms with Crippen molar-refractivity contribution in [3.63, 3.8) is 0 Å². The van der Waals surface area contributed by atoms with E-state index in [4.69, 9.17) is 5.11 Å². The zero-order chi connectivity index (χ0) is 15.3. The normalized spacial score (nSPS) is 14.0. The number of nitrogens with one attached hydrogen (secondary N) is 1. The summed E-state index contributed by atoms with van der Waals surface area (Å²) in [4.78, 5) is 22.3. The van der Waals surface area contributed by atoms with Crippen LogP contribution >= 0.6 is 0 Å². The van der Waals surface area contributed by atoms with E-state index in [1.165, 1.54) is 0 Å². The van der Waals surface area contributed by atoms with Gasteiger partial charge in [0.2, 0.25) is 5.91 Å². The van der Waals surface area contributed by atoms with E-state index >= 15 is 0 Å². The number of carbonyl (C=O) groups is 2. The van der Waals surface area contributed by atoms with Crippen LogP contribution in [0.25, 0.3) is 0 Å². The summed E-state index contributed by atoms with van der Waals surface area (Å²) in [7, 11) is 0. The first kappa shape index (κ1) is 17.9. The van der Waals surface area contributed by atoms with Crippen molar-refractivity contribution in [2.45, 2.75) is 60.0 Å². The molecule has 0 heterocycles. The minimum atomic E-state index is -0.912. The monoisotopic (exact) mass is 273 g/mol. The van der Waals surface area contributed by atoms with E-state index in [0.29, 0.717) is 6.42 Å². The lowest BCUT2D eigenvalue weighted by Gasteiger charge is -2.24. The number of hydrogen-bond donors (Lipinski definition) is 3. The Bertz CT molecular complexity index is 318. The molecule has 0 radical (unpaired) electrons. The number of amides is 1. The molecule has 5 nitrogen and oxygen atoms in total. The fourth-order valence-corrected chi connectivity index (χ4v) is 1.98. The van der Waals surface area contributed by atoms with Crippen molar-refractivity contribution < 1.29 is 19.8 Å². The maximum atomic E-state index is 11.7. The number of hydrogen-bond acceptors (Lipinski definition) is 3. The van der Waals surface area contributed by atoms with Gasteiger partial charge >= 0.3 is 5.97 Å². The van der Waals surface area contributed by atoms with E-state index in [9.17, 15) is 14.7 Å². The van der Waals surface area contributed by atoms with Gasteiger partial charge in [-0.25, -0.2) is 0 Å². The van der Waals surface area contributed by atoms with E-state index in [0.717, 1.165) is 0 Å². The maximum Gasteiger partial charge on any atom is 0.303 e. The van der Waals surface area contributed by atoms with Gasteiger partial charge in [-0.2, -0.15) is 0 Å². The molecule has 0 rings (SSSR count). The lowest BCUT2D eigenvalue weighted by atomic mass is 9.85. The molecule has 0 aromatic heterocycles. The molecular weight excluding hydrogens is 246 g/mol. The molecule has 0 aromatic rings. The van der Waals surface area contributed by atoms with Crippen LogP contribution in [0.5, 0.6) is 0 Å². The van der Waals surface area contributed by atoms with Crippen molar-refractivity contribution in [2.75, 3.05) is 6.54 Å². The second kappa shape index (κ2) is 6.89. The molecule has 5 heteroatoms. The largest absolute Gasteiger partial charge is 0.481 e. The molecule has 1 atom stereocenters. The highest BCUT2D eigenvalue weighted by Crippen LogP contribution is 2.25. The van der Waals surface area contributed by atoms with Crippen LogP contribution < -0.4 is 5.32 Å². The van der Waals surface area contributed by atoms with Crippen molar-refractivity contribution in [3.8, 4) is 0 Å². The van der Waals surface area contributed by atoms with Crippen molar-refractivity contribution in [2.24, 2.45) is 10.8 Å². The van der Waals surface area contributed by atoms with E-state index in [-0.39, 0.29) is 30.7 Å². The van der Waals surface area contributed by atoms with Crippen LogP contribution in [0, 0.1) is 10.8 Å². The van der Waals surface area contributed by atoms with Crippen molar-refractivity contribution in [1.82, 2.24) is 5.32 Å². The number of aliphatic carboxylic acids is 1. The lowest BCUT2D eigenvalue weighted by molar-refractivity contribution is -0.139. The van der Waals surface area contributed by atoms with Gasteiger partial charge in [0.15, 0.2) is 0 Å². The standard InChI is InChI=1S/C14H27NO4/c1-13(2,3)6-10(16)9-15-11(17)7-14(4,5)8-12(18)19/h10,16H,6-9H2,1-5H3,(H,15,17)(H,18,19). The Morgan fingerprint density at radius 2 is 1.63 bits per heavy atom. The maximum absolute atomic E-state index is 11.7. The fraction of sp³-hybridized carbons (Fsp3) is 0.857. The van der Waals surface area contributed by atoms with Crippen LogP contribution in [-0.4, -0.2) is 34.7 Å². The van der Waals surface area contributed by atoms with Gasteiger partial charge in [0, 0.05) is 13.0 Å². The second-order valence-corrected chi connectivity index (χ2v) is 7.13.